The first-order chi connectivity index (χ1) is 10.9. The molecule has 1 aromatic carbocycles. The van der Waals surface area contributed by atoms with Gasteiger partial charge in [-0.05, 0) is 30.4 Å². The van der Waals surface area contributed by atoms with Gasteiger partial charge in [0, 0.05) is 18.6 Å². The van der Waals surface area contributed by atoms with Crippen molar-refractivity contribution in [3.63, 3.8) is 0 Å². The first kappa shape index (κ1) is 17.2. The van der Waals surface area contributed by atoms with E-state index in [1.54, 1.807) is 18.2 Å². The van der Waals surface area contributed by atoms with Crippen LogP contribution in [0.4, 0.5) is 0 Å². The van der Waals surface area contributed by atoms with E-state index in [9.17, 15) is 9.59 Å². The van der Waals surface area contributed by atoms with Crippen LogP contribution in [0.3, 0.4) is 0 Å². The molecule has 1 N–H and O–H groups in total. The maximum Gasteiger partial charge on any atom is 0.275 e. The van der Waals surface area contributed by atoms with E-state index < -0.39 is 0 Å². The lowest BCUT2D eigenvalue weighted by Crippen LogP contribution is -2.31. The number of ether oxygens (including phenoxy) is 1. The smallest absolute Gasteiger partial charge is 0.275 e. The van der Waals surface area contributed by atoms with E-state index >= 15 is 0 Å². The van der Waals surface area contributed by atoms with Gasteiger partial charge in [0.2, 0.25) is 0 Å². The molecule has 0 heterocycles. The standard InChI is InChI=1S/C18H24N2O3/c1-4-9-23-16-8-6-5-7-15(16)17(22)20-19-13-10-14(21)12-18(2,3)11-13/h5-8H,4,9-12H2,1-3H3,(H,20,22). The van der Waals surface area contributed by atoms with Crippen LogP contribution in [0.25, 0.3) is 0 Å². The summed E-state index contributed by atoms with van der Waals surface area (Å²) in [6, 6.07) is 7.09. The lowest BCUT2D eigenvalue weighted by atomic mass is 9.76. The number of amides is 1. The maximum atomic E-state index is 12.3. The molecule has 0 saturated heterocycles. The molecule has 1 saturated carbocycles. The number of hydrogen-bond donors (Lipinski definition) is 1. The van der Waals surface area contributed by atoms with Crippen LogP contribution in [0.5, 0.6) is 5.75 Å². The Morgan fingerprint density at radius 3 is 2.74 bits per heavy atom. The normalized spacial score (nSPS) is 18.7. The van der Waals surface area contributed by atoms with Crippen LogP contribution in [0.1, 0.15) is 56.8 Å². The molecular formula is C18H24N2O3. The van der Waals surface area contributed by atoms with Crippen LogP contribution in [0, 0.1) is 5.41 Å². The fourth-order valence-corrected chi connectivity index (χ4v) is 2.76. The van der Waals surface area contributed by atoms with Crippen molar-refractivity contribution in [2.24, 2.45) is 10.5 Å². The average Bonchev–Trinajstić information content (AvgIpc) is 2.49. The van der Waals surface area contributed by atoms with E-state index in [-0.39, 0.29) is 17.1 Å². The number of Topliss-reactive ketones (excluding diaryl/α,β-unsaturated/α-hetero) is 1. The summed E-state index contributed by atoms with van der Waals surface area (Å²) in [7, 11) is 0. The second-order valence-corrected chi connectivity index (χ2v) is 6.70. The molecular weight excluding hydrogens is 292 g/mol. The van der Waals surface area contributed by atoms with Crippen LogP contribution in [0.2, 0.25) is 0 Å². The van der Waals surface area contributed by atoms with Gasteiger partial charge in [-0.3, -0.25) is 9.59 Å². The van der Waals surface area contributed by atoms with Crippen LogP contribution in [-0.2, 0) is 4.79 Å². The van der Waals surface area contributed by atoms with Gasteiger partial charge >= 0.3 is 0 Å². The average molecular weight is 316 g/mol. The molecule has 1 aliphatic carbocycles. The zero-order valence-corrected chi connectivity index (χ0v) is 14.0. The minimum atomic E-state index is -0.319. The predicted octanol–water partition coefficient (Wildman–Crippen LogP) is 3.34. The highest BCUT2D eigenvalue weighted by Gasteiger charge is 2.30. The maximum absolute atomic E-state index is 12.3. The first-order valence-electron chi connectivity index (χ1n) is 8.00. The zero-order chi connectivity index (χ0) is 16.9. The highest BCUT2D eigenvalue weighted by Crippen LogP contribution is 2.31. The van der Waals surface area contributed by atoms with E-state index in [1.165, 1.54) is 0 Å². The number of para-hydroxylation sites is 1. The second-order valence-electron chi connectivity index (χ2n) is 6.70. The van der Waals surface area contributed by atoms with Crippen molar-refractivity contribution in [1.82, 2.24) is 5.43 Å². The summed E-state index contributed by atoms with van der Waals surface area (Å²) in [4.78, 5) is 24.1. The fourth-order valence-electron chi connectivity index (χ4n) is 2.76. The summed E-state index contributed by atoms with van der Waals surface area (Å²) < 4.78 is 5.59. The Morgan fingerprint density at radius 1 is 1.30 bits per heavy atom. The van der Waals surface area contributed by atoms with Crippen LogP contribution >= 0.6 is 0 Å². The van der Waals surface area contributed by atoms with Crippen LogP contribution in [0.15, 0.2) is 29.4 Å². The van der Waals surface area contributed by atoms with E-state index in [0.717, 1.165) is 12.1 Å². The van der Waals surface area contributed by atoms with Gasteiger partial charge in [-0.2, -0.15) is 5.10 Å². The van der Waals surface area contributed by atoms with Crippen molar-refractivity contribution < 1.29 is 14.3 Å². The summed E-state index contributed by atoms with van der Waals surface area (Å²) >= 11 is 0. The Kier molecular flexibility index (Phi) is 5.53. The molecule has 0 spiro atoms. The Labute approximate surface area is 137 Å². The van der Waals surface area contributed by atoms with Gasteiger partial charge in [0.05, 0.1) is 12.2 Å². The summed E-state index contributed by atoms with van der Waals surface area (Å²) in [5, 5.41) is 4.17. The molecule has 0 aromatic heterocycles. The van der Waals surface area contributed by atoms with Crippen molar-refractivity contribution in [1.29, 1.82) is 0 Å². The van der Waals surface area contributed by atoms with E-state index in [1.807, 2.05) is 26.8 Å². The van der Waals surface area contributed by atoms with Gasteiger partial charge < -0.3 is 4.74 Å². The molecule has 0 bridgehead atoms. The number of nitrogens with zero attached hydrogens (tertiary/aromatic N) is 1. The van der Waals surface area contributed by atoms with Crippen molar-refractivity contribution in [3.8, 4) is 5.75 Å². The minimum Gasteiger partial charge on any atom is -0.493 e. The molecule has 1 aliphatic rings. The minimum absolute atomic E-state index is 0.0962. The van der Waals surface area contributed by atoms with Gasteiger partial charge in [0.15, 0.2) is 0 Å². The van der Waals surface area contributed by atoms with Gasteiger partial charge in [-0.15, -0.1) is 0 Å². The van der Waals surface area contributed by atoms with Crippen LogP contribution in [-0.4, -0.2) is 24.0 Å². The third-order valence-electron chi connectivity index (χ3n) is 3.67. The summed E-state index contributed by atoms with van der Waals surface area (Å²) in [6.07, 6.45) is 2.47. The van der Waals surface area contributed by atoms with Gasteiger partial charge in [-0.1, -0.05) is 32.9 Å². The SMILES string of the molecule is CCCOc1ccccc1C(=O)NN=C1CC(=O)CC(C)(C)C1. The summed E-state index contributed by atoms with van der Waals surface area (Å²) in [5.41, 5.74) is 3.64. The Morgan fingerprint density at radius 2 is 2.04 bits per heavy atom. The molecule has 1 fully saturated rings. The number of hydrazone groups is 1. The monoisotopic (exact) mass is 316 g/mol. The van der Waals surface area contributed by atoms with Gasteiger partial charge in [0.25, 0.3) is 5.91 Å². The Hall–Kier alpha value is -2.17. The topological polar surface area (TPSA) is 67.8 Å². The largest absolute Gasteiger partial charge is 0.493 e. The molecule has 5 nitrogen and oxygen atoms in total. The molecule has 0 aliphatic heterocycles. The van der Waals surface area contributed by atoms with E-state index in [0.29, 0.717) is 37.2 Å². The number of benzene rings is 1. The third-order valence-corrected chi connectivity index (χ3v) is 3.67. The van der Waals surface area contributed by atoms with Crippen molar-refractivity contribution in [3.05, 3.63) is 29.8 Å². The quantitative estimate of drug-likeness (QED) is 0.847. The van der Waals surface area contributed by atoms with Gasteiger partial charge in [-0.25, -0.2) is 5.43 Å². The summed E-state index contributed by atoms with van der Waals surface area (Å²) in [5.74, 6) is 0.396. The fraction of sp³-hybridized carbons (Fsp3) is 0.500. The number of rotatable bonds is 5. The van der Waals surface area contributed by atoms with Crippen molar-refractivity contribution in [2.45, 2.75) is 46.5 Å². The molecule has 1 aromatic rings. The number of carbonyl (C=O) groups excluding carboxylic acids is 2. The van der Waals surface area contributed by atoms with Crippen molar-refractivity contribution in [2.75, 3.05) is 6.61 Å². The molecule has 0 unspecified atom stereocenters. The van der Waals surface area contributed by atoms with E-state index in [4.69, 9.17) is 4.74 Å². The number of carbonyl (C=O) groups is 2. The summed E-state index contributed by atoms with van der Waals surface area (Å²) in [6.45, 7) is 6.64. The van der Waals surface area contributed by atoms with E-state index in [2.05, 4.69) is 10.5 Å². The molecule has 5 heteroatoms. The molecule has 124 valence electrons. The number of ketones is 1. The number of hydrogen-bond acceptors (Lipinski definition) is 4. The molecule has 23 heavy (non-hydrogen) atoms. The molecule has 0 atom stereocenters. The third kappa shape index (κ3) is 4.91. The molecule has 2 rings (SSSR count). The molecule has 1 amide bonds. The Bertz CT molecular complexity index is 620. The van der Waals surface area contributed by atoms with Gasteiger partial charge in [0.1, 0.15) is 11.5 Å². The second kappa shape index (κ2) is 7.40. The lowest BCUT2D eigenvalue weighted by Gasteiger charge is -2.29. The highest BCUT2D eigenvalue weighted by molar-refractivity contribution is 6.05. The zero-order valence-electron chi connectivity index (χ0n) is 14.0. The predicted molar refractivity (Wildman–Crippen MR) is 89.8 cm³/mol. The number of nitrogens with one attached hydrogen (secondary N) is 1. The highest BCUT2D eigenvalue weighted by atomic mass is 16.5. The Balaban J connectivity index is 2.07. The molecule has 0 radical (unpaired) electrons. The van der Waals surface area contributed by atoms with Crippen LogP contribution < -0.4 is 10.2 Å². The van der Waals surface area contributed by atoms with Crippen molar-refractivity contribution >= 4 is 17.4 Å². The first-order valence-corrected chi connectivity index (χ1v) is 8.00. The lowest BCUT2D eigenvalue weighted by molar-refractivity contribution is -0.120.